The van der Waals surface area contributed by atoms with Crippen molar-refractivity contribution in [2.24, 2.45) is 5.73 Å². The SMILES string of the molecule is CC[C@H](N)c1ccc(N2CCCC2C)cc1. The zero-order chi connectivity index (χ0) is 11.5. The molecule has 0 bridgehead atoms. The minimum Gasteiger partial charge on any atom is -0.369 e. The van der Waals surface area contributed by atoms with Gasteiger partial charge in [-0.15, -0.1) is 0 Å². The normalized spacial score (nSPS) is 22.4. The molecule has 1 saturated heterocycles. The van der Waals surface area contributed by atoms with Gasteiger partial charge in [0.25, 0.3) is 0 Å². The number of nitrogens with zero attached hydrogens (tertiary/aromatic N) is 1. The molecule has 2 atom stereocenters. The van der Waals surface area contributed by atoms with Crippen LogP contribution in [-0.4, -0.2) is 12.6 Å². The molecule has 2 rings (SSSR count). The fourth-order valence-electron chi connectivity index (χ4n) is 2.47. The van der Waals surface area contributed by atoms with Gasteiger partial charge in [-0.2, -0.15) is 0 Å². The highest BCUT2D eigenvalue weighted by Crippen LogP contribution is 2.26. The third kappa shape index (κ3) is 2.22. The van der Waals surface area contributed by atoms with Gasteiger partial charge in [0.15, 0.2) is 0 Å². The lowest BCUT2D eigenvalue weighted by Gasteiger charge is -2.24. The fourth-order valence-corrected chi connectivity index (χ4v) is 2.47. The Morgan fingerprint density at radius 1 is 1.38 bits per heavy atom. The molecule has 0 aliphatic carbocycles. The Morgan fingerprint density at radius 3 is 2.56 bits per heavy atom. The molecule has 1 aromatic carbocycles. The summed E-state index contributed by atoms with van der Waals surface area (Å²) < 4.78 is 0. The molecular weight excluding hydrogens is 196 g/mol. The molecule has 88 valence electrons. The molecule has 1 aliphatic heterocycles. The second-order valence-electron chi connectivity index (χ2n) is 4.79. The van der Waals surface area contributed by atoms with Gasteiger partial charge in [-0.1, -0.05) is 19.1 Å². The van der Waals surface area contributed by atoms with E-state index in [0.29, 0.717) is 6.04 Å². The molecule has 1 unspecified atom stereocenters. The lowest BCUT2D eigenvalue weighted by molar-refractivity contribution is 0.697. The molecule has 0 radical (unpaired) electrons. The summed E-state index contributed by atoms with van der Waals surface area (Å²) in [7, 11) is 0. The van der Waals surface area contributed by atoms with Gasteiger partial charge in [-0.05, 0) is 43.9 Å². The van der Waals surface area contributed by atoms with Crippen molar-refractivity contribution in [1.29, 1.82) is 0 Å². The van der Waals surface area contributed by atoms with Crippen LogP contribution in [0.1, 0.15) is 44.7 Å². The van der Waals surface area contributed by atoms with Gasteiger partial charge in [0.1, 0.15) is 0 Å². The number of benzene rings is 1. The van der Waals surface area contributed by atoms with Crippen molar-refractivity contribution < 1.29 is 0 Å². The Morgan fingerprint density at radius 2 is 2.06 bits per heavy atom. The molecule has 16 heavy (non-hydrogen) atoms. The fraction of sp³-hybridized carbons (Fsp3) is 0.571. The summed E-state index contributed by atoms with van der Waals surface area (Å²) in [6.07, 6.45) is 3.63. The van der Waals surface area contributed by atoms with Crippen molar-refractivity contribution >= 4 is 5.69 Å². The van der Waals surface area contributed by atoms with Gasteiger partial charge >= 0.3 is 0 Å². The molecule has 0 amide bonds. The van der Waals surface area contributed by atoms with E-state index in [-0.39, 0.29) is 6.04 Å². The van der Waals surface area contributed by atoms with E-state index in [1.165, 1.54) is 30.6 Å². The maximum atomic E-state index is 6.01. The summed E-state index contributed by atoms with van der Waals surface area (Å²) in [6, 6.07) is 9.65. The Bertz CT molecular complexity index is 331. The summed E-state index contributed by atoms with van der Waals surface area (Å²) in [5.74, 6) is 0. The van der Waals surface area contributed by atoms with E-state index in [2.05, 4.69) is 43.0 Å². The van der Waals surface area contributed by atoms with Crippen LogP contribution in [-0.2, 0) is 0 Å². The van der Waals surface area contributed by atoms with Gasteiger partial charge in [0.05, 0.1) is 0 Å². The first-order valence-electron chi connectivity index (χ1n) is 6.34. The molecule has 0 saturated carbocycles. The molecule has 2 nitrogen and oxygen atoms in total. The van der Waals surface area contributed by atoms with Crippen LogP contribution in [0.5, 0.6) is 0 Å². The van der Waals surface area contributed by atoms with Crippen LogP contribution >= 0.6 is 0 Å². The zero-order valence-electron chi connectivity index (χ0n) is 10.3. The Hall–Kier alpha value is -1.02. The molecule has 1 aromatic rings. The number of nitrogens with two attached hydrogens (primary N) is 1. The van der Waals surface area contributed by atoms with Gasteiger partial charge < -0.3 is 10.6 Å². The van der Waals surface area contributed by atoms with Crippen LogP contribution in [0, 0.1) is 0 Å². The smallest absolute Gasteiger partial charge is 0.0368 e. The van der Waals surface area contributed by atoms with Crippen LogP contribution in [0.3, 0.4) is 0 Å². The van der Waals surface area contributed by atoms with Crippen molar-refractivity contribution in [1.82, 2.24) is 0 Å². The van der Waals surface area contributed by atoms with E-state index in [0.717, 1.165) is 6.42 Å². The van der Waals surface area contributed by atoms with Gasteiger partial charge in [-0.25, -0.2) is 0 Å². The van der Waals surface area contributed by atoms with Crippen molar-refractivity contribution in [2.75, 3.05) is 11.4 Å². The topological polar surface area (TPSA) is 29.3 Å². The Labute approximate surface area is 98.4 Å². The third-order valence-corrected chi connectivity index (χ3v) is 3.65. The van der Waals surface area contributed by atoms with Crippen LogP contribution in [0.2, 0.25) is 0 Å². The largest absolute Gasteiger partial charge is 0.369 e. The van der Waals surface area contributed by atoms with Crippen molar-refractivity contribution in [2.45, 2.75) is 45.2 Å². The van der Waals surface area contributed by atoms with Gasteiger partial charge in [0.2, 0.25) is 0 Å². The van der Waals surface area contributed by atoms with Crippen LogP contribution in [0.25, 0.3) is 0 Å². The average molecular weight is 218 g/mol. The van der Waals surface area contributed by atoms with Crippen LogP contribution < -0.4 is 10.6 Å². The van der Waals surface area contributed by atoms with Gasteiger partial charge in [0, 0.05) is 24.3 Å². The lowest BCUT2D eigenvalue weighted by atomic mass is 10.0. The molecule has 1 aliphatic rings. The number of hydrogen-bond acceptors (Lipinski definition) is 2. The molecule has 1 fully saturated rings. The minimum absolute atomic E-state index is 0.185. The quantitative estimate of drug-likeness (QED) is 0.844. The highest BCUT2D eigenvalue weighted by atomic mass is 15.2. The Kier molecular flexibility index (Phi) is 3.49. The second-order valence-corrected chi connectivity index (χ2v) is 4.79. The van der Waals surface area contributed by atoms with E-state index >= 15 is 0 Å². The van der Waals surface area contributed by atoms with E-state index < -0.39 is 0 Å². The van der Waals surface area contributed by atoms with Gasteiger partial charge in [-0.3, -0.25) is 0 Å². The average Bonchev–Trinajstić information content (AvgIpc) is 2.75. The van der Waals surface area contributed by atoms with E-state index in [1.54, 1.807) is 0 Å². The molecule has 2 heteroatoms. The molecular formula is C14H22N2. The summed E-state index contributed by atoms with van der Waals surface area (Å²) in [4.78, 5) is 2.49. The van der Waals surface area contributed by atoms with Crippen molar-refractivity contribution in [3.63, 3.8) is 0 Å². The number of hydrogen-bond donors (Lipinski definition) is 1. The molecule has 1 heterocycles. The zero-order valence-corrected chi connectivity index (χ0v) is 10.3. The molecule has 2 N–H and O–H groups in total. The van der Waals surface area contributed by atoms with E-state index in [9.17, 15) is 0 Å². The van der Waals surface area contributed by atoms with E-state index in [1.807, 2.05) is 0 Å². The Balaban J connectivity index is 2.12. The first-order chi connectivity index (χ1) is 7.72. The van der Waals surface area contributed by atoms with Crippen LogP contribution in [0.15, 0.2) is 24.3 Å². The number of rotatable bonds is 3. The summed E-state index contributed by atoms with van der Waals surface area (Å²) in [6.45, 7) is 5.63. The van der Waals surface area contributed by atoms with Crippen molar-refractivity contribution in [3.8, 4) is 0 Å². The highest BCUT2D eigenvalue weighted by Gasteiger charge is 2.20. The predicted molar refractivity (Wildman–Crippen MR) is 69.7 cm³/mol. The third-order valence-electron chi connectivity index (χ3n) is 3.65. The molecule has 0 aromatic heterocycles. The first kappa shape index (κ1) is 11.5. The lowest BCUT2D eigenvalue weighted by Crippen LogP contribution is -2.26. The number of anilines is 1. The summed E-state index contributed by atoms with van der Waals surface area (Å²) in [5, 5.41) is 0. The summed E-state index contributed by atoms with van der Waals surface area (Å²) in [5.41, 5.74) is 8.60. The minimum atomic E-state index is 0.185. The first-order valence-corrected chi connectivity index (χ1v) is 6.34. The van der Waals surface area contributed by atoms with E-state index in [4.69, 9.17) is 5.73 Å². The van der Waals surface area contributed by atoms with Crippen molar-refractivity contribution in [3.05, 3.63) is 29.8 Å². The standard InChI is InChI=1S/C14H22N2/c1-3-14(15)12-6-8-13(9-7-12)16-10-4-5-11(16)2/h6-9,11,14H,3-5,10,15H2,1-2H3/t11?,14-/m0/s1. The molecule has 0 spiro atoms. The second kappa shape index (κ2) is 4.88. The monoisotopic (exact) mass is 218 g/mol. The maximum absolute atomic E-state index is 6.01. The summed E-state index contributed by atoms with van der Waals surface area (Å²) >= 11 is 0. The highest BCUT2D eigenvalue weighted by molar-refractivity contribution is 5.49. The maximum Gasteiger partial charge on any atom is 0.0368 e. The van der Waals surface area contributed by atoms with Crippen LogP contribution in [0.4, 0.5) is 5.69 Å². The predicted octanol–water partition coefficient (Wildman–Crippen LogP) is 3.09.